The number of aliphatic hydroxyl groups is 1. The Hall–Kier alpha value is -2.80. The molecule has 1 aromatic carbocycles. The first-order valence-corrected chi connectivity index (χ1v) is 9.45. The van der Waals surface area contributed by atoms with Gasteiger partial charge in [-0.2, -0.15) is 0 Å². The largest absolute Gasteiger partial charge is 0.396 e. The lowest BCUT2D eigenvalue weighted by Gasteiger charge is -2.51. The Kier molecular flexibility index (Phi) is 4.42. The van der Waals surface area contributed by atoms with Crippen LogP contribution >= 0.6 is 0 Å². The number of nitrogens with one attached hydrogen (secondary N) is 2. The Morgan fingerprint density at radius 2 is 1.79 bits per heavy atom. The SMILES string of the molecule is N=Cc1c(-c2ccc(C(=O)NC34CCC(O)(CC3)CC4)cc2)ncc(F)c1N. The lowest BCUT2D eigenvalue weighted by Crippen LogP contribution is -2.58. The van der Waals surface area contributed by atoms with Gasteiger partial charge in [-0.15, -0.1) is 0 Å². The van der Waals surface area contributed by atoms with Crippen LogP contribution in [-0.2, 0) is 0 Å². The molecule has 7 heteroatoms. The van der Waals surface area contributed by atoms with Crippen molar-refractivity contribution in [1.29, 1.82) is 5.41 Å². The number of benzene rings is 1. The number of fused-ring (bicyclic) bond motifs is 3. The van der Waals surface area contributed by atoms with Crippen LogP contribution in [0, 0.1) is 11.2 Å². The molecule has 2 aromatic rings. The van der Waals surface area contributed by atoms with Gasteiger partial charge in [0.1, 0.15) is 0 Å². The molecule has 6 nitrogen and oxygen atoms in total. The van der Waals surface area contributed by atoms with Gasteiger partial charge in [0.2, 0.25) is 0 Å². The van der Waals surface area contributed by atoms with Crippen LogP contribution in [0.4, 0.5) is 10.1 Å². The van der Waals surface area contributed by atoms with Crippen molar-refractivity contribution >= 4 is 17.8 Å². The number of carbonyl (C=O) groups excluding carboxylic acids is 1. The summed E-state index contributed by atoms with van der Waals surface area (Å²) in [5.74, 6) is -0.804. The number of rotatable bonds is 4. The highest BCUT2D eigenvalue weighted by Gasteiger charge is 2.48. The highest BCUT2D eigenvalue weighted by Crippen LogP contribution is 2.46. The zero-order valence-electron chi connectivity index (χ0n) is 15.5. The van der Waals surface area contributed by atoms with Crippen molar-refractivity contribution in [3.8, 4) is 11.3 Å². The molecule has 2 bridgehead atoms. The van der Waals surface area contributed by atoms with Crippen LogP contribution in [0.3, 0.4) is 0 Å². The number of anilines is 1. The number of nitrogen functional groups attached to an aromatic ring is 1. The molecule has 28 heavy (non-hydrogen) atoms. The summed E-state index contributed by atoms with van der Waals surface area (Å²) in [7, 11) is 0. The molecule has 0 radical (unpaired) electrons. The molecule has 146 valence electrons. The predicted octanol–water partition coefficient (Wildman–Crippen LogP) is 3.04. The third-order valence-corrected chi connectivity index (χ3v) is 6.26. The molecule has 0 unspecified atom stereocenters. The van der Waals surface area contributed by atoms with Crippen molar-refractivity contribution in [2.24, 2.45) is 0 Å². The molecule has 0 atom stereocenters. The summed E-state index contributed by atoms with van der Waals surface area (Å²) < 4.78 is 13.6. The lowest BCUT2D eigenvalue weighted by atomic mass is 9.63. The minimum Gasteiger partial charge on any atom is -0.396 e. The van der Waals surface area contributed by atoms with Crippen molar-refractivity contribution in [2.75, 3.05) is 5.73 Å². The van der Waals surface area contributed by atoms with E-state index in [1.807, 2.05) is 0 Å². The van der Waals surface area contributed by atoms with Gasteiger partial charge in [0.15, 0.2) is 5.82 Å². The van der Waals surface area contributed by atoms with Crippen LogP contribution in [0.15, 0.2) is 30.5 Å². The minimum atomic E-state index is -0.663. The van der Waals surface area contributed by atoms with E-state index in [0.717, 1.165) is 50.9 Å². The zero-order chi connectivity index (χ0) is 19.9. The van der Waals surface area contributed by atoms with E-state index >= 15 is 0 Å². The predicted molar refractivity (Wildman–Crippen MR) is 105 cm³/mol. The summed E-state index contributed by atoms with van der Waals surface area (Å²) in [5.41, 5.74) is 6.63. The van der Waals surface area contributed by atoms with Crippen molar-refractivity contribution in [2.45, 2.75) is 49.7 Å². The fourth-order valence-corrected chi connectivity index (χ4v) is 4.34. The normalized spacial score (nSPS) is 26.1. The molecule has 0 spiro atoms. The van der Waals surface area contributed by atoms with E-state index in [4.69, 9.17) is 11.1 Å². The summed E-state index contributed by atoms with van der Waals surface area (Å²) in [6, 6.07) is 6.83. The maximum absolute atomic E-state index is 13.6. The quantitative estimate of drug-likeness (QED) is 0.609. The molecule has 0 aliphatic heterocycles. The summed E-state index contributed by atoms with van der Waals surface area (Å²) >= 11 is 0. The van der Waals surface area contributed by atoms with Crippen LogP contribution in [0.1, 0.15) is 54.4 Å². The fraction of sp³-hybridized carbons (Fsp3) is 0.381. The first-order chi connectivity index (χ1) is 13.3. The van der Waals surface area contributed by atoms with Gasteiger partial charge in [0, 0.05) is 28.4 Å². The average Bonchev–Trinajstić information content (AvgIpc) is 2.71. The van der Waals surface area contributed by atoms with E-state index in [9.17, 15) is 14.3 Å². The summed E-state index contributed by atoms with van der Waals surface area (Å²) in [6.45, 7) is 0. The van der Waals surface area contributed by atoms with Gasteiger partial charge in [0.05, 0.1) is 23.2 Å². The van der Waals surface area contributed by atoms with E-state index in [1.165, 1.54) is 0 Å². The highest BCUT2D eigenvalue weighted by molar-refractivity contribution is 5.96. The van der Waals surface area contributed by atoms with Gasteiger partial charge in [-0.25, -0.2) is 4.39 Å². The minimum absolute atomic E-state index is 0.115. The summed E-state index contributed by atoms with van der Waals surface area (Å²) in [6.07, 6.45) is 6.61. The highest BCUT2D eigenvalue weighted by atomic mass is 19.1. The number of nitrogens with zero attached hydrogens (tertiary/aromatic N) is 1. The Bertz CT molecular complexity index is 918. The second kappa shape index (κ2) is 6.67. The maximum Gasteiger partial charge on any atom is 0.251 e. The van der Waals surface area contributed by atoms with Gasteiger partial charge in [0.25, 0.3) is 5.91 Å². The monoisotopic (exact) mass is 382 g/mol. The Morgan fingerprint density at radius 3 is 2.36 bits per heavy atom. The van der Waals surface area contributed by atoms with Crippen molar-refractivity contribution in [3.63, 3.8) is 0 Å². The molecular weight excluding hydrogens is 359 g/mol. The first-order valence-electron chi connectivity index (χ1n) is 9.45. The molecule has 3 aliphatic carbocycles. The number of carbonyl (C=O) groups is 1. The average molecular weight is 382 g/mol. The van der Waals surface area contributed by atoms with Gasteiger partial charge in [-0.05, 0) is 50.7 Å². The standard InChI is InChI=1S/C21H23FN4O2/c22-16-12-25-18(15(11-23)17(16)24)13-1-3-14(4-2-13)19(27)26-20-5-8-21(28,9-6-20)10-7-20/h1-4,11-12,23,28H,5-10H2,(H2,24,25)(H,26,27). The molecule has 3 aliphatic rings. The molecule has 5 N–H and O–H groups in total. The number of halogens is 1. The number of nitrogens with two attached hydrogens (primary N) is 1. The Morgan fingerprint density at radius 1 is 1.18 bits per heavy atom. The van der Waals surface area contributed by atoms with Crippen LogP contribution in [0.25, 0.3) is 11.3 Å². The molecule has 1 aromatic heterocycles. The number of pyridine rings is 1. The molecule has 1 amide bonds. The Balaban J connectivity index is 1.53. The van der Waals surface area contributed by atoms with Crippen LogP contribution in [0.5, 0.6) is 0 Å². The molecular formula is C21H23FN4O2. The van der Waals surface area contributed by atoms with Gasteiger partial charge >= 0.3 is 0 Å². The van der Waals surface area contributed by atoms with Crippen molar-refractivity contribution in [1.82, 2.24) is 10.3 Å². The third kappa shape index (κ3) is 3.16. The third-order valence-electron chi connectivity index (χ3n) is 6.26. The van der Waals surface area contributed by atoms with Gasteiger partial charge in [-0.1, -0.05) is 12.1 Å². The first kappa shape index (κ1) is 18.6. The van der Waals surface area contributed by atoms with Crippen molar-refractivity contribution in [3.05, 3.63) is 47.4 Å². The second-order valence-electron chi connectivity index (χ2n) is 7.96. The van der Waals surface area contributed by atoms with Crippen molar-refractivity contribution < 1.29 is 14.3 Å². The van der Waals surface area contributed by atoms with E-state index in [1.54, 1.807) is 24.3 Å². The number of hydrogen-bond acceptors (Lipinski definition) is 5. The van der Waals surface area contributed by atoms with E-state index < -0.39 is 11.4 Å². The topological polar surface area (TPSA) is 112 Å². The summed E-state index contributed by atoms with van der Waals surface area (Å²) in [4.78, 5) is 16.8. The fourth-order valence-electron chi connectivity index (χ4n) is 4.34. The molecule has 0 saturated heterocycles. The van der Waals surface area contributed by atoms with E-state index in [0.29, 0.717) is 16.8 Å². The van der Waals surface area contributed by atoms with Gasteiger partial charge in [-0.3, -0.25) is 9.78 Å². The van der Waals surface area contributed by atoms with Gasteiger partial charge < -0.3 is 21.6 Å². The number of aromatic nitrogens is 1. The summed E-state index contributed by atoms with van der Waals surface area (Å²) in [5, 5.41) is 21.0. The molecule has 3 saturated carbocycles. The number of hydrogen-bond donors (Lipinski definition) is 4. The molecule has 1 heterocycles. The molecule has 5 rings (SSSR count). The zero-order valence-corrected chi connectivity index (χ0v) is 15.5. The van der Waals surface area contributed by atoms with Crippen LogP contribution in [-0.4, -0.2) is 33.4 Å². The second-order valence-corrected chi connectivity index (χ2v) is 7.96. The molecule has 3 fully saturated rings. The lowest BCUT2D eigenvalue weighted by molar-refractivity contribution is -0.0702. The van der Waals surface area contributed by atoms with Crippen LogP contribution < -0.4 is 11.1 Å². The van der Waals surface area contributed by atoms with Crippen LogP contribution in [0.2, 0.25) is 0 Å². The van der Waals surface area contributed by atoms with E-state index in [-0.39, 0.29) is 22.7 Å². The van der Waals surface area contributed by atoms with E-state index in [2.05, 4.69) is 10.3 Å². The number of amides is 1. The Labute approximate surface area is 162 Å². The smallest absolute Gasteiger partial charge is 0.251 e. The maximum atomic E-state index is 13.6.